The van der Waals surface area contributed by atoms with Gasteiger partial charge in [-0.25, -0.2) is 13.4 Å². The van der Waals surface area contributed by atoms with E-state index >= 15 is 0 Å². The minimum atomic E-state index is -3.46. The van der Waals surface area contributed by atoms with Gasteiger partial charge in [0.05, 0.1) is 19.1 Å². The Bertz CT molecular complexity index is 958. The number of Topliss-reactive ketones (excluding diaryl/α,β-unsaturated/α-hetero) is 1. The molecule has 1 aromatic heterocycles. The Morgan fingerprint density at radius 3 is 2.57 bits per heavy atom. The van der Waals surface area contributed by atoms with E-state index in [1.807, 2.05) is 24.4 Å². The maximum atomic E-state index is 12.6. The Balaban J connectivity index is 1.49. The van der Waals surface area contributed by atoms with Crippen LogP contribution in [-0.4, -0.2) is 70.2 Å². The van der Waals surface area contributed by atoms with Crippen molar-refractivity contribution in [2.24, 2.45) is 0 Å². The number of hydrogen-bond acceptors (Lipinski definition) is 7. The Morgan fingerprint density at radius 1 is 1.17 bits per heavy atom. The van der Waals surface area contributed by atoms with Crippen LogP contribution in [0.5, 0.6) is 5.75 Å². The van der Waals surface area contributed by atoms with E-state index in [2.05, 4.69) is 19.5 Å². The molecule has 0 spiro atoms. The Labute approximate surface area is 177 Å². The molecule has 30 heavy (non-hydrogen) atoms. The van der Waals surface area contributed by atoms with E-state index in [0.29, 0.717) is 17.7 Å². The second-order valence-corrected chi connectivity index (χ2v) is 9.08. The van der Waals surface area contributed by atoms with Crippen LogP contribution in [0.4, 0.5) is 11.5 Å². The number of carbonyl (C=O) groups is 1. The van der Waals surface area contributed by atoms with E-state index in [1.54, 1.807) is 12.1 Å². The molecule has 162 valence electrons. The van der Waals surface area contributed by atoms with Gasteiger partial charge in [-0.05, 0) is 43.3 Å². The molecule has 2 heterocycles. The number of nitrogens with one attached hydrogen (secondary N) is 1. The van der Waals surface area contributed by atoms with Crippen LogP contribution >= 0.6 is 0 Å². The third kappa shape index (κ3) is 6.17. The van der Waals surface area contributed by atoms with Crippen LogP contribution in [0.1, 0.15) is 23.2 Å². The SMILES string of the molecule is COc1ccc(C(=O)CCCN2CCN(c3ccccn3)CC2)cc1NS(C)(=O)=O. The van der Waals surface area contributed by atoms with Gasteiger partial charge in [-0.3, -0.25) is 14.4 Å². The van der Waals surface area contributed by atoms with Gasteiger partial charge in [-0.1, -0.05) is 6.07 Å². The highest BCUT2D eigenvalue weighted by molar-refractivity contribution is 7.92. The highest BCUT2D eigenvalue weighted by atomic mass is 32.2. The molecule has 1 aliphatic heterocycles. The van der Waals surface area contributed by atoms with Crippen molar-refractivity contribution in [2.75, 3.05) is 55.7 Å². The number of rotatable bonds is 9. The van der Waals surface area contributed by atoms with Crippen LogP contribution < -0.4 is 14.4 Å². The van der Waals surface area contributed by atoms with Crippen molar-refractivity contribution in [3.05, 3.63) is 48.2 Å². The average molecular weight is 433 g/mol. The van der Waals surface area contributed by atoms with Crippen LogP contribution in [0.3, 0.4) is 0 Å². The second-order valence-electron chi connectivity index (χ2n) is 7.33. The number of aromatic nitrogens is 1. The summed E-state index contributed by atoms with van der Waals surface area (Å²) in [6.45, 7) is 4.58. The summed E-state index contributed by atoms with van der Waals surface area (Å²) in [5, 5.41) is 0. The molecular formula is C21H28N4O4S. The molecule has 1 aromatic carbocycles. The fraction of sp³-hybridized carbons (Fsp3) is 0.429. The Morgan fingerprint density at radius 2 is 1.93 bits per heavy atom. The third-order valence-corrected chi connectivity index (χ3v) is 5.63. The standard InChI is InChI=1S/C21H28N4O4S/c1-29-20-9-8-17(16-18(20)23-30(2,27)28)19(26)6-5-11-24-12-14-25(15-13-24)21-7-3-4-10-22-21/h3-4,7-10,16,23H,5-6,11-15H2,1-2H3. The van der Waals surface area contributed by atoms with Crippen molar-refractivity contribution in [2.45, 2.75) is 12.8 Å². The zero-order valence-corrected chi connectivity index (χ0v) is 18.2. The lowest BCUT2D eigenvalue weighted by molar-refractivity contribution is 0.0974. The number of nitrogens with zero attached hydrogens (tertiary/aromatic N) is 3. The molecule has 0 bridgehead atoms. The van der Waals surface area contributed by atoms with E-state index < -0.39 is 10.0 Å². The predicted molar refractivity (Wildman–Crippen MR) is 118 cm³/mol. The van der Waals surface area contributed by atoms with Crippen LogP contribution in [0.2, 0.25) is 0 Å². The fourth-order valence-corrected chi connectivity index (χ4v) is 4.07. The molecule has 0 saturated carbocycles. The molecule has 9 heteroatoms. The van der Waals surface area contributed by atoms with E-state index in [-0.39, 0.29) is 11.5 Å². The highest BCUT2D eigenvalue weighted by Crippen LogP contribution is 2.27. The van der Waals surface area contributed by atoms with Crippen LogP contribution in [0.25, 0.3) is 0 Å². The number of hydrogen-bond donors (Lipinski definition) is 1. The molecule has 0 amide bonds. The maximum absolute atomic E-state index is 12.6. The normalized spacial score (nSPS) is 15.1. The van der Waals surface area contributed by atoms with Crippen molar-refractivity contribution in [3.8, 4) is 5.75 Å². The number of sulfonamides is 1. The first-order valence-electron chi connectivity index (χ1n) is 9.93. The van der Waals surface area contributed by atoms with Crippen molar-refractivity contribution >= 4 is 27.3 Å². The molecule has 0 atom stereocenters. The number of ketones is 1. The monoisotopic (exact) mass is 432 g/mol. The van der Waals surface area contributed by atoms with Gasteiger partial charge in [-0.2, -0.15) is 0 Å². The van der Waals surface area contributed by atoms with Crippen molar-refractivity contribution in [1.29, 1.82) is 0 Å². The lowest BCUT2D eigenvalue weighted by atomic mass is 10.1. The van der Waals surface area contributed by atoms with Crippen LogP contribution in [0, 0.1) is 0 Å². The molecule has 1 saturated heterocycles. The van der Waals surface area contributed by atoms with Crippen molar-refractivity contribution in [1.82, 2.24) is 9.88 Å². The molecule has 1 N–H and O–H groups in total. The molecule has 0 radical (unpaired) electrons. The average Bonchev–Trinajstić information content (AvgIpc) is 2.73. The van der Waals surface area contributed by atoms with Gasteiger partial charge in [-0.15, -0.1) is 0 Å². The summed E-state index contributed by atoms with van der Waals surface area (Å²) in [4.78, 5) is 21.6. The zero-order chi connectivity index (χ0) is 21.6. The largest absolute Gasteiger partial charge is 0.495 e. The van der Waals surface area contributed by atoms with E-state index in [4.69, 9.17) is 4.74 Å². The second kappa shape index (κ2) is 9.90. The molecule has 1 fully saturated rings. The van der Waals surface area contributed by atoms with Gasteiger partial charge in [0.2, 0.25) is 10.0 Å². The van der Waals surface area contributed by atoms with Gasteiger partial charge in [0.1, 0.15) is 11.6 Å². The summed E-state index contributed by atoms with van der Waals surface area (Å²) < 4.78 is 30.7. The number of ether oxygens (including phenoxy) is 1. The van der Waals surface area contributed by atoms with Gasteiger partial charge in [0, 0.05) is 44.4 Å². The van der Waals surface area contributed by atoms with E-state index in [1.165, 1.54) is 13.2 Å². The molecular weight excluding hydrogens is 404 g/mol. The Kier molecular flexibility index (Phi) is 7.28. The van der Waals surface area contributed by atoms with Gasteiger partial charge >= 0.3 is 0 Å². The third-order valence-electron chi connectivity index (χ3n) is 5.04. The molecule has 8 nitrogen and oxygen atoms in total. The lowest BCUT2D eigenvalue weighted by Crippen LogP contribution is -2.46. The molecule has 0 unspecified atom stereocenters. The summed E-state index contributed by atoms with van der Waals surface area (Å²) in [5.74, 6) is 1.37. The zero-order valence-electron chi connectivity index (χ0n) is 17.4. The summed E-state index contributed by atoms with van der Waals surface area (Å²) >= 11 is 0. The minimum Gasteiger partial charge on any atom is -0.495 e. The van der Waals surface area contributed by atoms with Gasteiger partial charge < -0.3 is 9.64 Å². The molecule has 3 rings (SSSR count). The van der Waals surface area contributed by atoms with Gasteiger partial charge in [0.25, 0.3) is 0 Å². The van der Waals surface area contributed by atoms with Crippen LogP contribution in [0.15, 0.2) is 42.6 Å². The molecule has 2 aromatic rings. The number of methoxy groups -OCH3 is 1. The summed E-state index contributed by atoms with van der Waals surface area (Å²) in [6.07, 6.45) is 4.03. The predicted octanol–water partition coefficient (Wildman–Crippen LogP) is 2.25. The first-order valence-corrected chi connectivity index (χ1v) is 11.8. The number of anilines is 2. The topological polar surface area (TPSA) is 91.8 Å². The van der Waals surface area contributed by atoms with Gasteiger partial charge in [0.15, 0.2) is 5.78 Å². The summed E-state index contributed by atoms with van der Waals surface area (Å²) in [7, 11) is -2.01. The highest BCUT2D eigenvalue weighted by Gasteiger charge is 2.18. The number of carbonyl (C=O) groups excluding carboxylic acids is 1. The minimum absolute atomic E-state index is 0.0127. The number of pyridine rings is 1. The molecule has 0 aliphatic carbocycles. The smallest absolute Gasteiger partial charge is 0.229 e. The fourth-order valence-electron chi connectivity index (χ4n) is 3.51. The number of benzene rings is 1. The summed E-state index contributed by atoms with van der Waals surface area (Å²) in [6, 6.07) is 10.7. The lowest BCUT2D eigenvalue weighted by Gasteiger charge is -2.35. The summed E-state index contributed by atoms with van der Waals surface area (Å²) in [5.41, 5.74) is 0.749. The van der Waals surface area contributed by atoms with Crippen LogP contribution in [-0.2, 0) is 10.0 Å². The first kappa shape index (κ1) is 22.0. The van der Waals surface area contributed by atoms with E-state index in [9.17, 15) is 13.2 Å². The van der Waals surface area contributed by atoms with E-state index in [0.717, 1.165) is 51.2 Å². The first-order chi connectivity index (χ1) is 14.4. The molecule has 1 aliphatic rings. The van der Waals surface area contributed by atoms with Crippen molar-refractivity contribution < 1.29 is 17.9 Å². The quantitative estimate of drug-likeness (QED) is 0.608. The maximum Gasteiger partial charge on any atom is 0.229 e. The van der Waals surface area contributed by atoms with Crippen molar-refractivity contribution in [3.63, 3.8) is 0 Å². The Hall–Kier alpha value is -2.65. The number of piperazine rings is 1.